The van der Waals surface area contributed by atoms with Crippen molar-refractivity contribution in [2.24, 2.45) is 5.73 Å². The van der Waals surface area contributed by atoms with Crippen molar-refractivity contribution in [1.29, 1.82) is 0 Å². The summed E-state index contributed by atoms with van der Waals surface area (Å²) in [6, 6.07) is 14.4. The average Bonchev–Trinajstić information content (AvgIpc) is 2.66. The van der Waals surface area contributed by atoms with Crippen molar-refractivity contribution in [3.8, 4) is 0 Å². The summed E-state index contributed by atoms with van der Waals surface area (Å²) in [6.07, 6.45) is 2.24. The fourth-order valence-electron chi connectivity index (χ4n) is 3.57. The molecule has 148 valence electrons. The SMILES string of the molecule is CC(N)=O.CN1CCC(N2c3ccccc3Sc3cc(C(=O)O)ccc32)CC1. The van der Waals surface area contributed by atoms with Crippen molar-refractivity contribution in [3.05, 3.63) is 48.0 Å². The van der Waals surface area contributed by atoms with Crippen LogP contribution in [0.5, 0.6) is 0 Å². The summed E-state index contributed by atoms with van der Waals surface area (Å²) < 4.78 is 0. The van der Waals surface area contributed by atoms with E-state index in [1.54, 1.807) is 23.9 Å². The van der Waals surface area contributed by atoms with Gasteiger partial charge in [0.05, 0.1) is 16.9 Å². The lowest BCUT2D eigenvalue weighted by Gasteiger charge is -2.42. The molecule has 0 aliphatic carbocycles. The topological polar surface area (TPSA) is 86.9 Å². The molecule has 2 aromatic rings. The van der Waals surface area contributed by atoms with Crippen LogP contribution < -0.4 is 10.6 Å². The third-order valence-electron chi connectivity index (χ3n) is 4.86. The van der Waals surface area contributed by atoms with E-state index in [1.165, 1.54) is 17.5 Å². The van der Waals surface area contributed by atoms with Crippen LogP contribution in [0.2, 0.25) is 0 Å². The second-order valence-electron chi connectivity index (χ2n) is 7.07. The van der Waals surface area contributed by atoms with Crippen molar-refractivity contribution in [2.75, 3.05) is 25.0 Å². The zero-order chi connectivity index (χ0) is 20.3. The fraction of sp³-hybridized carbons (Fsp3) is 0.333. The first-order valence-electron chi connectivity index (χ1n) is 9.25. The van der Waals surface area contributed by atoms with Crippen LogP contribution >= 0.6 is 11.8 Å². The van der Waals surface area contributed by atoms with Gasteiger partial charge in [0.1, 0.15) is 0 Å². The van der Waals surface area contributed by atoms with Crippen molar-refractivity contribution >= 4 is 35.0 Å². The fourth-order valence-corrected chi connectivity index (χ4v) is 4.68. The number of amides is 1. The lowest BCUT2D eigenvalue weighted by atomic mass is 10.0. The van der Waals surface area contributed by atoms with Crippen molar-refractivity contribution in [1.82, 2.24) is 4.90 Å². The maximum atomic E-state index is 11.3. The third kappa shape index (κ3) is 4.48. The van der Waals surface area contributed by atoms with E-state index >= 15 is 0 Å². The molecule has 0 radical (unpaired) electrons. The second kappa shape index (κ2) is 8.67. The van der Waals surface area contributed by atoms with Gasteiger partial charge in [0, 0.05) is 22.8 Å². The Balaban J connectivity index is 0.000000516. The normalized spacial score (nSPS) is 16.4. The van der Waals surface area contributed by atoms with E-state index < -0.39 is 5.97 Å². The summed E-state index contributed by atoms with van der Waals surface area (Å²) >= 11 is 1.67. The molecule has 0 saturated carbocycles. The van der Waals surface area contributed by atoms with Crippen LogP contribution in [0.25, 0.3) is 0 Å². The number of fused-ring (bicyclic) bond motifs is 2. The molecular weight excluding hydrogens is 374 g/mol. The smallest absolute Gasteiger partial charge is 0.335 e. The van der Waals surface area contributed by atoms with Gasteiger partial charge in [-0.25, -0.2) is 4.79 Å². The number of rotatable bonds is 2. The van der Waals surface area contributed by atoms with Gasteiger partial charge >= 0.3 is 5.97 Å². The zero-order valence-corrected chi connectivity index (χ0v) is 16.9. The predicted molar refractivity (Wildman–Crippen MR) is 111 cm³/mol. The highest BCUT2D eigenvalue weighted by Crippen LogP contribution is 2.50. The van der Waals surface area contributed by atoms with E-state index in [2.05, 4.69) is 40.8 Å². The maximum absolute atomic E-state index is 11.3. The lowest BCUT2D eigenvalue weighted by Crippen LogP contribution is -2.42. The minimum Gasteiger partial charge on any atom is -0.478 e. The van der Waals surface area contributed by atoms with Crippen molar-refractivity contribution < 1.29 is 14.7 Å². The first-order chi connectivity index (χ1) is 13.4. The number of likely N-dealkylation sites (tertiary alicyclic amines) is 1. The number of carbonyl (C=O) groups is 2. The monoisotopic (exact) mass is 399 g/mol. The summed E-state index contributed by atoms with van der Waals surface area (Å²) in [5.74, 6) is -1.21. The number of nitrogens with zero attached hydrogens (tertiary/aromatic N) is 2. The Morgan fingerprint density at radius 2 is 1.68 bits per heavy atom. The number of nitrogens with two attached hydrogens (primary N) is 1. The van der Waals surface area contributed by atoms with Crippen LogP contribution in [0.3, 0.4) is 0 Å². The van der Waals surface area contributed by atoms with Gasteiger partial charge in [-0.3, -0.25) is 4.79 Å². The van der Waals surface area contributed by atoms with E-state index in [9.17, 15) is 14.7 Å². The molecule has 6 nitrogen and oxygen atoms in total. The number of aromatic carboxylic acids is 1. The molecule has 4 rings (SSSR count). The summed E-state index contributed by atoms with van der Waals surface area (Å²) in [4.78, 5) is 27.6. The maximum Gasteiger partial charge on any atom is 0.335 e. The molecule has 0 spiro atoms. The molecule has 2 aliphatic rings. The van der Waals surface area contributed by atoms with Gasteiger partial charge in [0.15, 0.2) is 0 Å². The first kappa shape index (κ1) is 20.2. The van der Waals surface area contributed by atoms with Crippen LogP contribution in [-0.4, -0.2) is 48.1 Å². The number of hydrogen-bond donors (Lipinski definition) is 2. The number of piperidine rings is 1. The predicted octanol–water partition coefficient (Wildman–Crippen LogP) is 3.57. The van der Waals surface area contributed by atoms with Gasteiger partial charge in [-0.1, -0.05) is 23.9 Å². The number of carbonyl (C=O) groups excluding carboxylic acids is 1. The van der Waals surface area contributed by atoms with Gasteiger partial charge in [0.25, 0.3) is 0 Å². The first-order valence-corrected chi connectivity index (χ1v) is 10.1. The van der Waals surface area contributed by atoms with Gasteiger partial charge in [0.2, 0.25) is 5.91 Å². The van der Waals surface area contributed by atoms with Crippen LogP contribution in [0, 0.1) is 0 Å². The molecule has 1 amide bonds. The molecule has 1 fully saturated rings. The molecule has 1 saturated heterocycles. The second-order valence-corrected chi connectivity index (χ2v) is 8.16. The highest BCUT2D eigenvalue weighted by Gasteiger charge is 2.31. The number of para-hydroxylation sites is 1. The molecule has 0 aromatic heterocycles. The van der Waals surface area contributed by atoms with Crippen LogP contribution in [0.1, 0.15) is 30.1 Å². The Morgan fingerprint density at radius 1 is 1.07 bits per heavy atom. The number of benzene rings is 2. The summed E-state index contributed by atoms with van der Waals surface area (Å²) in [6.45, 7) is 3.50. The minimum atomic E-state index is -0.872. The molecule has 0 bridgehead atoms. The van der Waals surface area contributed by atoms with Gasteiger partial charge in [-0.2, -0.15) is 0 Å². The van der Waals surface area contributed by atoms with Gasteiger partial charge < -0.3 is 20.6 Å². The summed E-state index contributed by atoms with van der Waals surface area (Å²) in [7, 11) is 2.17. The highest BCUT2D eigenvalue weighted by molar-refractivity contribution is 7.99. The molecule has 28 heavy (non-hydrogen) atoms. The molecule has 3 N–H and O–H groups in total. The number of hydrogen-bond acceptors (Lipinski definition) is 5. The van der Waals surface area contributed by atoms with E-state index in [1.807, 2.05) is 12.1 Å². The molecule has 7 heteroatoms. The summed E-state index contributed by atoms with van der Waals surface area (Å²) in [5, 5.41) is 9.30. The highest BCUT2D eigenvalue weighted by atomic mass is 32.2. The Kier molecular flexibility index (Phi) is 6.26. The van der Waals surface area contributed by atoms with Crippen LogP contribution in [0.15, 0.2) is 52.3 Å². The molecular formula is C21H25N3O3S. The Morgan fingerprint density at radius 3 is 2.32 bits per heavy atom. The lowest BCUT2D eigenvalue weighted by molar-refractivity contribution is -0.115. The van der Waals surface area contributed by atoms with Crippen molar-refractivity contribution in [3.63, 3.8) is 0 Å². The van der Waals surface area contributed by atoms with Crippen LogP contribution in [0.4, 0.5) is 11.4 Å². The quantitative estimate of drug-likeness (QED) is 0.803. The molecule has 0 unspecified atom stereocenters. The average molecular weight is 400 g/mol. The van der Waals surface area contributed by atoms with Crippen LogP contribution in [-0.2, 0) is 4.79 Å². The summed E-state index contributed by atoms with van der Waals surface area (Å²) in [5.41, 5.74) is 7.20. The number of carboxylic acids is 1. The molecule has 2 heterocycles. The van der Waals surface area contributed by atoms with Gasteiger partial charge in [-0.15, -0.1) is 0 Å². The number of anilines is 2. The van der Waals surface area contributed by atoms with E-state index in [4.69, 9.17) is 0 Å². The number of carboxylic acid groups (broad SMARTS) is 1. The Bertz CT molecular complexity index is 875. The molecule has 0 atom stereocenters. The minimum absolute atomic E-state index is 0.333. The Hall–Kier alpha value is -2.51. The van der Waals surface area contributed by atoms with Gasteiger partial charge in [-0.05, 0) is 63.3 Å². The van der Waals surface area contributed by atoms with E-state index in [-0.39, 0.29) is 5.91 Å². The molecule has 2 aliphatic heterocycles. The standard InChI is InChI=1S/C19H20N2O2S.C2H5NO/c1-20-10-8-14(9-11-20)21-15-4-2-3-5-17(15)24-18-12-13(19(22)23)6-7-16(18)21;1-2(3)4/h2-7,12,14H,8-11H2,1H3,(H,22,23);1H3,(H2,3,4). The Labute approximate surface area is 169 Å². The third-order valence-corrected chi connectivity index (χ3v) is 5.98. The van der Waals surface area contributed by atoms with E-state index in [0.29, 0.717) is 11.6 Å². The largest absolute Gasteiger partial charge is 0.478 e. The number of primary amides is 1. The van der Waals surface area contributed by atoms with Crippen molar-refractivity contribution in [2.45, 2.75) is 35.6 Å². The molecule has 2 aromatic carbocycles. The zero-order valence-electron chi connectivity index (χ0n) is 16.1. The van der Waals surface area contributed by atoms with E-state index in [0.717, 1.165) is 36.5 Å².